The Morgan fingerprint density at radius 1 is 1.07 bits per heavy atom. The van der Waals surface area contributed by atoms with Crippen LogP contribution in [-0.4, -0.2) is 39.0 Å². The fourth-order valence-corrected chi connectivity index (χ4v) is 1.27. The Bertz CT molecular complexity index is 170. The van der Waals surface area contributed by atoms with Crippen molar-refractivity contribution >= 4 is 5.97 Å². The summed E-state index contributed by atoms with van der Waals surface area (Å²) in [5, 5.41) is 0. The normalized spacial score (nSPS) is 27.2. The summed E-state index contributed by atoms with van der Waals surface area (Å²) < 4.78 is 15.5. The molecule has 0 spiro atoms. The molecule has 1 fully saturated rings. The lowest BCUT2D eigenvalue weighted by Crippen LogP contribution is -2.17. The van der Waals surface area contributed by atoms with Crippen molar-refractivity contribution in [1.29, 1.82) is 0 Å². The second-order valence-electron chi connectivity index (χ2n) is 3.54. The van der Waals surface area contributed by atoms with E-state index in [4.69, 9.17) is 14.2 Å². The van der Waals surface area contributed by atoms with Crippen LogP contribution in [0.1, 0.15) is 19.8 Å². The van der Waals surface area contributed by atoms with Crippen molar-refractivity contribution in [3.8, 4) is 0 Å². The van der Waals surface area contributed by atoms with Crippen LogP contribution in [0.3, 0.4) is 0 Å². The molecule has 4 heteroatoms. The first-order chi connectivity index (χ1) is 6.79. The first-order valence-corrected chi connectivity index (χ1v) is 5.10. The minimum absolute atomic E-state index is 0.137. The molecule has 0 aliphatic carbocycles. The number of hydrogen-bond donors (Lipinski definition) is 0. The van der Waals surface area contributed by atoms with E-state index in [1.807, 2.05) is 6.92 Å². The molecule has 0 amide bonds. The van der Waals surface area contributed by atoms with Crippen molar-refractivity contribution in [3.05, 3.63) is 0 Å². The molecule has 1 rings (SSSR count). The van der Waals surface area contributed by atoms with E-state index in [1.54, 1.807) is 0 Å². The molecule has 1 atom stereocenters. The lowest BCUT2D eigenvalue weighted by atomic mass is 10.1. The van der Waals surface area contributed by atoms with Gasteiger partial charge in [0, 0.05) is 13.0 Å². The number of carbonyl (C=O) groups excluding carboxylic acids is 1. The smallest absolute Gasteiger partial charge is 0.306 e. The molecule has 1 saturated heterocycles. The number of ether oxygens (including phenoxy) is 3. The Hall–Kier alpha value is -0.610. The van der Waals surface area contributed by atoms with Crippen LogP contribution in [-0.2, 0) is 19.0 Å². The third kappa shape index (κ3) is 5.19. The maximum absolute atomic E-state index is 11.2. The summed E-state index contributed by atoms with van der Waals surface area (Å²) in [7, 11) is 0. The second kappa shape index (κ2) is 6.79. The van der Waals surface area contributed by atoms with E-state index in [1.165, 1.54) is 0 Å². The van der Waals surface area contributed by atoms with Crippen molar-refractivity contribution in [2.24, 2.45) is 5.92 Å². The average Bonchev–Trinajstić information content (AvgIpc) is 2.13. The zero-order valence-electron chi connectivity index (χ0n) is 8.66. The molecule has 1 unspecified atom stereocenters. The Labute approximate surface area is 84.5 Å². The number of carbonyl (C=O) groups is 1. The van der Waals surface area contributed by atoms with Gasteiger partial charge < -0.3 is 14.2 Å². The standard InChI is InChI=1S/C10H18O4/c1-9-2-3-12-4-5-13-6-7-14-10(11)8-9/h9H,2-8H2,1H3. The van der Waals surface area contributed by atoms with E-state index in [0.29, 0.717) is 45.4 Å². The van der Waals surface area contributed by atoms with Crippen molar-refractivity contribution in [3.63, 3.8) is 0 Å². The van der Waals surface area contributed by atoms with Crippen LogP contribution in [0.5, 0.6) is 0 Å². The van der Waals surface area contributed by atoms with Gasteiger partial charge in [0.05, 0.1) is 19.8 Å². The molecule has 1 heterocycles. The first kappa shape index (κ1) is 11.5. The van der Waals surface area contributed by atoms with Gasteiger partial charge in [-0.05, 0) is 12.3 Å². The second-order valence-corrected chi connectivity index (χ2v) is 3.54. The summed E-state index contributed by atoms with van der Waals surface area (Å²) in [6.07, 6.45) is 1.37. The van der Waals surface area contributed by atoms with Gasteiger partial charge in [0.1, 0.15) is 6.61 Å². The fourth-order valence-electron chi connectivity index (χ4n) is 1.27. The predicted molar refractivity (Wildman–Crippen MR) is 51.0 cm³/mol. The van der Waals surface area contributed by atoms with Crippen LogP contribution in [0.4, 0.5) is 0 Å². The SMILES string of the molecule is CC1CCOCCOCCOC(=O)C1. The number of cyclic esters (lactones) is 1. The predicted octanol–water partition coefficient (Wildman–Crippen LogP) is 0.993. The highest BCUT2D eigenvalue weighted by Gasteiger charge is 2.10. The van der Waals surface area contributed by atoms with Gasteiger partial charge in [0.2, 0.25) is 0 Å². The molecule has 14 heavy (non-hydrogen) atoms. The lowest BCUT2D eigenvalue weighted by Gasteiger charge is -2.13. The highest BCUT2D eigenvalue weighted by atomic mass is 16.6. The molecule has 0 aromatic heterocycles. The number of hydrogen-bond acceptors (Lipinski definition) is 4. The molecule has 82 valence electrons. The highest BCUT2D eigenvalue weighted by molar-refractivity contribution is 5.69. The van der Waals surface area contributed by atoms with Crippen molar-refractivity contribution in [1.82, 2.24) is 0 Å². The quantitative estimate of drug-likeness (QED) is 0.549. The Morgan fingerprint density at radius 2 is 1.71 bits per heavy atom. The number of esters is 1. The zero-order valence-corrected chi connectivity index (χ0v) is 8.66. The van der Waals surface area contributed by atoms with Gasteiger partial charge in [-0.25, -0.2) is 0 Å². The first-order valence-electron chi connectivity index (χ1n) is 5.10. The van der Waals surface area contributed by atoms with Gasteiger partial charge >= 0.3 is 5.97 Å². The Kier molecular flexibility index (Phi) is 5.56. The van der Waals surface area contributed by atoms with Crippen molar-refractivity contribution in [2.75, 3.05) is 33.0 Å². The lowest BCUT2D eigenvalue weighted by molar-refractivity contribution is -0.146. The summed E-state index contributed by atoms with van der Waals surface area (Å²) in [4.78, 5) is 11.2. The maximum Gasteiger partial charge on any atom is 0.306 e. The molecular weight excluding hydrogens is 184 g/mol. The zero-order chi connectivity index (χ0) is 10.2. The Morgan fingerprint density at radius 3 is 2.50 bits per heavy atom. The largest absolute Gasteiger partial charge is 0.463 e. The average molecular weight is 202 g/mol. The van der Waals surface area contributed by atoms with E-state index in [0.717, 1.165) is 6.42 Å². The van der Waals surface area contributed by atoms with Gasteiger partial charge in [-0.1, -0.05) is 6.92 Å². The van der Waals surface area contributed by atoms with Gasteiger partial charge in [-0.3, -0.25) is 4.79 Å². The minimum atomic E-state index is -0.137. The van der Waals surface area contributed by atoms with Crippen LogP contribution >= 0.6 is 0 Å². The molecule has 0 aromatic rings. The van der Waals surface area contributed by atoms with E-state index in [9.17, 15) is 4.79 Å². The fraction of sp³-hybridized carbons (Fsp3) is 0.900. The van der Waals surface area contributed by atoms with Gasteiger partial charge in [0.15, 0.2) is 0 Å². The number of rotatable bonds is 0. The molecule has 0 radical (unpaired) electrons. The van der Waals surface area contributed by atoms with E-state index in [-0.39, 0.29) is 5.97 Å². The molecule has 0 aromatic carbocycles. The van der Waals surface area contributed by atoms with Crippen LogP contribution in [0.2, 0.25) is 0 Å². The summed E-state index contributed by atoms with van der Waals surface area (Å²) in [5.41, 5.74) is 0. The van der Waals surface area contributed by atoms with Crippen LogP contribution in [0.15, 0.2) is 0 Å². The van der Waals surface area contributed by atoms with Crippen LogP contribution in [0, 0.1) is 5.92 Å². The minimum Gasteiger partial charge on any atom is -0.463 e. The van der Waals surface area contributed by atoms with E-state index in [2.05, 4.69) is 0 Å². The highest BCUT2D eigenvalue weighted by Crippen LogP contribution is 2.08. The molecule has 1 aliphatic heterocycles. The van der Waals surface area contributed by atoms with Crippen LogP contribution < -0.4 is 0 Å². The van der Waals surface area contributed by atoms with Gasteiger partial charge in [0.25, 0.3) is 0 Å². The maximum atomic E-state index is 11.2. The Balaban J connectivity index is 2.26. The monoisotopic (exact) mass is 202 g/mol. The molecular formula is C10H18O4. The summed E-state index contributed by atoms with van der Waals surface area (Å²) >= 11 is 0. The summed E-state index contributed by atoms with van der Waals surface area (Å²) in [6, 6.07) is 0. The third-order valence-electron chi connectivity index (χ3n) is 2.13. The molecule has 0 saturated carbocycles. The van der Waals surface area contributed by atoms with E-state index < -0.39 is 0 Å². The molecule has 1 aliphatic rings. The van der Waals surface area contributed by atoms with Gasteiger partial charge in [-0.15, -0.1) is 0 Å². The van der Waals surface area contributed by atoms with Gasteiger partial charge in [-0.2, -0.15) is 0 Å². The van der Waals surface area contributed by atoms with Crippen molar-refractivity contribution < 1.29 is 19.0 Å². The van der Waals surface area contributed by atoms with Crippen molar-refractivity contribution in [2.45, 2.75) is 19.8 Å². The topological polar surface area (TPSA) is 44.8 Å². The van der Waals surface area contributed by atoms with Crippen LogP contribution in [0.25, 0.3) is 0 Å². The van der Waals surface area contributed by atoms with E-state index >= 15 is 0 Å². The third-order valence-corrected chi connectivity index (χ3v) is 2.13. The summed E-state index contributed by atoms with van der Waals surface area (Å²) in [5.74, 6) is 0.199. The summed E-state index contributed by atoms with van der Waals surface area (Å²) in [6.45, 7) is 4.74. The molecule has 0 bridgehead atoms. The molecule has 4 nitrogen and oxygen atoms in total. The molecule has 0 N–H and O–H groups in total.